The highest BCUT2D eigenvalue weighted by atomic mass is 32.2. The summed E-state index contributed by atoms with van der Waals surface area (Å²) in [6, 6.07) is 11.7. The van der Waals surface area contributed by atoms with Crippen LogP contribution >= 0.6 is 11.8 Å². The van der Waals surface area contributed by atoms with Gasteiger partial charge in [-0.1, -0.05) is 43.0 Å². The summed E-state index contributed by atoms with van der Waals surface area (Å²) in [6.07, 6.45) is 4.22. The van der Waals surface area contributed by atoms with E-state index in [1.54, 1.807) is 12.6 Å². The number of carbonyl (C=O) groups excluding carboxylic acids is 1. The smallest absolute Gasteiger partial charge is 0.173 e. The quantitative estimate of drug-likeness (QED) is 0.239. The Balaban J connectivity index is 1.60. The molecule has 0 radical (unpaired) electrons. The van der Waals surface area contributed by atoms with Crippen molar-refractivity contribution >= 4 is 28.6 Å². The van der Waals surface area contributed by atoms with E-state index in [4.69, 9.17) is 4.42 Å². The Hall–Kier alpha value is -2.86. The van der Waals surface area contributed by atoms with Crippen LogP contribution in [0.25, 0.3) is 11.0 Å². The maximum absolute atomic E-state index is 12.6. The minimum absolute atomic E-state index is 0.105. The number of carbonyl (C=O) groups is 1. The lowest BCUT2D eigenvalue weighted by molar-refractivity contribution is 0.102. The molecule has 6 heteroatoms. The number of Topliss-reactive ketones (excluding diaryl/α,β-unsaturated/α-hetero) is 1. The Kier molecular flexibility index (Phi) is 5.53. The number of fused-ring (bicyclic) bond motifs is 1. The molecule has 0 atom stereocenters. The van der Waals surface area contributed by atoms with Gasteiger partial charge in [0.1, 0.15) is 22.8 Å². The standard InChI is InChI=1S/C23H23N3O2S/c1-4-17-7-9-18(10-8-17)20(27)13-29-23-21-15(2)16(3)26(22(21)24-14-25-23)12-19-6-5-11-28-19/h5-11,14H,4,12-13H2,1-3H3. The minimum Gasteiger partial charge on any atom is -0.467 e. The number of hydrogen-bond donors (Lipinski definition) is 0. The lowest BCUT2D eigenvalue weighted by atomic mass is 10.1. The van der Waals surface area contributed by atoms with Crippen molar-refractivity contribution in [2.45, 2.75) is 38.8 Å². The first kappa shape index (κ1) is 19.5. The van der Waals surface area contributed by atoms with Crippen molar-refractivity contribution in [3.05, 3.63) is 77.1 Å². The van der Waals surface area contributed by atoms with Crippen molar-refractivity contribution in [3.63, 3.8) is 0 Å². The van der Waals surface area contributed by atoms with Gasteiger partial charge in [-0.15, -0.1) is 0 Å². The van der Waals surface area contributed by atoms with E-state index in [0.717, 1.165) is 45.1 Å². The molecule has 0 aliphatic rings. The third-order valence-electron chi connectivity index (χ3n) is 5.29. The van der Waals surface area contributed by atoms with Crippen LogP contribution < -0.4 is 0 Å². The number of furan rings is 1. The second kappa shape index (κ2) is 8.25. The van der Waals surface area contributed by atoms with Gasteiger partial charge in [0, 0.05) is 11.3 Å². The molecule has 1 aromatic carbocycles. The summed E-state index contributed by atoms with van der Waals surface area (Å²) in [5.74, 6) is 1.33. The minimum atomic E-state index is 0.105. The molecule has 0 fully saturated rings. The molecule has 148 valence electrons. The Bertz CT molecular complexity index is 1150. The normalized spacial score (nSPS) is 11.3. The van der Waals surface area contributed by atoms with E-state index in [0.29, 0.717) is 12.3 Å². The number of ketones is 1. The first-order chi connectivity index (χ1) is 14.1. The highest BCUT2D eigenvalue weighted by Gasteiger charge is 2.18. The molecule has 0 unspecified atom stereocenters. The Labute approximate surface area is 174 Å². The van der Waals surface area contributed by atoms with Gasteiger partial charge in [0.25, 0.3) is 0 Å². The molecule has 0 spiro atoms. The second-order valence-electron chi connectivity index (χ2n) is 7.02. The summed E-state index contributed by atoms with van der Waals surface area (Å²) in [5, 5.41) is 1.85. The molecule has 0 aliphatic carbocycles. The van der Waals surface area contributed by atoms with E-state index in [9.17, 15) is 4.79 Å². The third kappa shape index (κ3) is 3.85. The van der Waals surface area contributed by atoms with Crippen molar-refractivity contribution < 1.29 is 9.21 Å². The van der Waals surface area contributed by atoms with E-state index in [1.165, 1.54) is 17.3 Å². The predicted octanol–water partition coefficient (Wildman–Crippen LogP) is 5.23. The molecule has 0 saturated heterocycles. The molecule has 4 aromatic rings. The van der Waals surface area contributed by atoms with Gasteiger partial charge in [0.15, 0.2) is 5.78 Å². The van der Waals surface area contributed by atoms with Crippen LogP contribution in [-0.2, 0) is 13.0 Å². The fourth-order valence-corrected chi connectivity index (χ4v) is 4.39. The van der Waals surface area contributed by atoms with Gasteiger partial charge < -0.3 is 8.98 Å². The Morgan fingerprint density at radius 2 is 1.93 bits per heavy atom. The van der Waals surface area contributed by atoms with E-state index in [1.807, 2.05) is 36.4 Å². The number of aryl methyl sites for hydroxylation is 2. The molecule has 5 nitrogen and oxygen atoms in total. The zero-order valence-electron chi connectivity index (χ0n) is 16.8. The zero-order valence-corrected chi connectivity index (χ0v) is 17.6. The summed E-state index contributed by atoms with van der Waals surface area (Å²) in [5.41, 5.74) is 5.10. The first-order valence-corrected chi connectivity index (χ1v) is 10.6. The van der Waals surface area contributed by atoms with Crippen LogP contribution in [0, 0.1) is 13.8 Å². The van der Waals surface area contributed by atoms with Crippen LogP contribution in [0.2, 0.25) is 0 Å². The SMILES string of the molecule is CCc1ccc(C(=O)CSc2ncnc3c2c(C)c(C)n3Cc2ccco2)cc1. The van der Waals surface area contributed by atoms with Crippen molar-refractivity contribution in [1.29, 1.82) is 0 Å². The molecular weight excluding hydrogens is 382 g/mol. The summed E-state index contributed by atoms with van der Waals surface area (Å²) >= 11 is 1.47. The van der Waals surface area contributed by atoms with Crippen LogP contribution in [0.1, 0.15) is 39.9 Å². The number of benzene rings is 1. The van der Waals surface area contributed by atoms with Crippen LogP contribution in [-0.4, -0.2) is 26.1 Å². The fraction of sp³-hybridized carbons (Fsp3) is 0.261. The van der Waals surface area contributed by atoms with Crippen LogP contribution in [0.3, 0.4) is 0 Å². The molecular formula is C23H23N3O2S. The van der Waals surface area contributed by atoms with Crippen LogP contribution in [0.15, 0.2) is 58.4 Å². The van der Waals surface area contributed by atoms with Gasteiger partial charge in [-0.05, 0) is 43.5 Å². The average Bonchev–Trinajstić information content (AvgIpc) is 3.35. The van der Waals surface area contributed by atoms with Gasteiger partial charge in [0.05, 0.1) is 23.9 Å². The van der Waals surface area contributed by atoms with Gasteiger partial charge >= 0.3 is 0 Å². The zero-order chi connectivity index (χ0) is 20.4. The lowest BCUT2D eigenvalue weighted by Gasteiger charge is -2.06. The summed E-state index contributed by atoms with van der Waals surface area (Å²) in [4.78, 5) is 21.6. The second-order valence-corrected chi connectivity index (χ2v) is 7.98. The number of hydrogen-bond acceptors (Lipinski definition) is 5. The van der Waals surface area contributed by atoms with Gasteiger partial charge in [-0.25, -0.2) is 9.97 Å². The molecule has 0 bridgehead atoms. The molecule has 0 amide bonds. The van der Waals surface area contributed by atoms with Crippen molar-refractivity contribution in [2.75, 3.05) is 5.75 Å². The lowest BCUT2D eigenvalue weighted by Crippen LogP contribution is -2.04. The van der Waals surface area contributed by atoms with E-state index < -0.39 is 0 Å². The molecule has 3 aromatic heterocycles. The number of nitrogens with zero attached hydrogens (tertiary/aromatic N) is 3. The molecule has 29 heavy (non-hydrogen) atoms. The van der Waals surface area contributed by atoms with Gasteiger partial charge in [0.2, 0.25) is 0 Å². The molecule has 4 rings (SSSR count). The molecule has 0 saturated carbocycles. The highest BCUT2D eigenvalue weighted by molar-refractivity contribution is 8.00. The maximum Gasteiger partial charge on any atom is 0.173 e. The third-order valence-corrected chi connectivity index (χ3v) is 6.28. The maximum atomic E-state index is 12.6. The number of thioether (sulfide) groups is 1. The molecule has 0 aliphatic heterocycles. The van der Waals surface area contributed by atoms with Crippen LogP contribution in [0.4, 0.5) is 0 Å². The van der Waals surface area contributed by atoms with Gasteiger partial charge in [-0.2, -0.15) is 0 Å². The van der Waals surface area contributed by atoms with E-state index in [-0.39, 0.29) is 5.78 Å². The number of rotatable bonds is 7. The monoisotopic (exact) mass is 405 g/mol. The van der Waals surface area contributed by atoms with Crippen molar-refractivity contribution in [3.8, 4) is 0 Å². The summed E-state index contributed by atoms with van der Waals surface area (Å²) < 4.78 is 7.65. The Morgan fingerprint density at radius 1 is 1.14 bits per heavy atom. The average molecular weight is 406 g/mol. The number of aromatic nitrogens is 3. The van der Waals surface area contributed by atoms with Crippen molar-refractivity contribution in [1.82, 2.24) is 14.5 Å². The highest BCUT2D eigenvalue weighted by Crippen LogP contribution is 2.32. The Morgan fingerprint density at radius 3 is 2.62 bits per heavy atom. The van der Waals surface area contributed by atoms with Gasteiger partial charge in [-0.3, -0.25) is 4.79 Å². The van der Waals surface area contributed by atoms with Crippen molar-refractivity contribution in [2.24, 2.45) is 0 Å². The molecule has 0 N–H and O–H groups in total. The van der Waals surface area contributed by atoms with E-state index in [2.05, 4.69) is 35.3 Å². The largest absolute Gasteiger partial charge is 0.467 e. The van der Waals surface area contributed by atoms with E-state index >= 15 is 0 Å². The predicted molar refractivity (Wildman–Crippen MR) is 116 cm³/mol. The summed E-state index contributed by atoms with van der Waals surface area (Å²) in [6.45, 7) is 6.88. The summed E-state index contributed by atoms with van der Waals surface area (Å²) in [7, 11) is 0. The molecule has 3 heterocycles. The fourth-order valence-electron chi connectivity index (χ4n) is 3.44. The topological polar surface area (TPSA) is 60.9 Å². The first-order valence-electron chi connectivity index (χ1n) is 9.66. The van der Waals surface area contributed by atoms with Crippen LogP contribution in [0.5, 0.6) is 0 Å².